The average molecular weight is 393 g/mol. The second kappa shape index (κ2) is 6.07. The minimum atomic E-state index is -4.13. The summed E-state index contributed by atoms with van der Waals surface area (Å²) in [5, 5.41) is 20.1. The van der Waals surface area contributed by atoms with E-state index in [9.17, 15) is 24.8 Å². The molecule has 1 aliphatic heterocycles. The molecule has 1 fully saturated rings. The molecule has 0 spiro atoms. The third kappa shape index (κ3) is 3.09. The minimum Gasteiger partial charge on any atom is -0.394 e. The van der Waals surface area contributed by atoms with Crippen LogP contribution in [-0.4, -0.2) is 64.4 Å². The Hall–Kier alpha value is -1.44. The van der Waals surface area contributed by atoms with Crippen LogP contribution in [-0.2, 0) is 26.8 Å². The number of aromatic amines is 1. The molecule has 2 aromatic heterocycles. The normalized spacial score (nSPS) is 30.2. The van der Waals surface area contributed by atoms with Crippen LogP contribution in [0, 0.1) is 0 Å². The lowest BCUT2D eigenvalue weighted by molar-refractivity contribution is -0.132. The Balaban J connectivity index is 2.10. The first-order valence-corrected chi connectivity index (χ1v) is 9.63. The molecule has 0 unspecified atom stereocenters. The molecule has 0 bridgehead atoms. The first-order valence-electron chi connectivity index (χ1n) is 7.01. The Morgan fingerprint density at radius 2 is 2.28 bits per heavy atom. The summed E-state index contributed by atoms with van der Waals surface area (Å²) in [5.41, 5.74) is 3.37. The van der Waals surface area contributed by atoms with Gasteiger partial charge in [0.15, 0.2) is 16.9 Å². The maximum Gasteiger partial charge on any atom is 0.322 e. The Bertz CT molecular complexity index is 912. The molecule has 12 nitrogen and oxygen atoms in total. The number of nitrogens with zero attached hydrogens (tertiary/aromatic N) is 3. The third-order valence-electron chi connectivity index (χ3n) is 3.96. The largest absolute Gasteiger partial charge is 0.394 e. The van der Waals surface area contributed by atoms with Crippen molar-refractivity contribution in [1.29, 1.82) is 0 Å². The van der Waals surface area contributed by atoms with Gasteiger partial charge in [0.1, 0.15) is 18.3 Å². The molecule has 7 N–H and O–H groups in total. The van der Waals surface area contributed by atoms with Crippen molar-refractivity contribution < 1.29 is 29.3 Å². The van der Waals surface area contributed by atoms with Crippen molar-refractivity contribution in [3.63, 3.8) is 0 Å². The highest BCUT2D eigenvalue weighted by molar-refractivity contribution is 8.06. The molecule has 3 heterocycles. The summed E-state index contributed by atoms with van der Waals surface area (Å²) in [6.45, 7) is -3.29. The van der Waals surface area contributed by atoms with E-state index >= 15 is 0 Å². The number of imidazole rings is 1. The summed E-state index contributed by atoms with van der Waals surface area (Å²) < 4.78 is 11.8. The number of aliphatic hydroxyl groups excluding tert-OH is 2. The molecule has 0 aliphatic carbocycles. The fraction of sp³-hybridized carbons (Fsp3) is 0.545. The Labute approximate surface area is 145 Å². The van der Waals surface area contributed by atoms with Gasteiger partial charge in [0.25, 0.3) is 5.56 Å². The van der Waals surface area contributed by atoms with Gasteiger partial charge in [0.05, 0.1) is 12.9 Å². The lowest BCUT2D eigenvalue weighted by Crippen LogP contribution is -2.43. The topological polar surface area (TPSA) is 189 Å². The summed E-state index contributed by atoms with van der Waals surface area (Å²) in [7, 11) is 0. The van der Waals surface area contributed by atoms with Crippen molar-refractivity contribution in [2.45, 2.75) is 31.0 Å². The van der Waals surface area contributed by atoms with Crippen LogP contribution in [0.25, 0.3) is 11.2 Å². The second-order valence-corrected chi connectivity index (χ2v) is 8.26. The second-order valence-electron chi connectivity index (χ2n) is 5.64. The van der Waals surface area contributed by atoms with Crippen LogP contribution in [0.15, 0.2) is 11.1 Å². The standard InChI is InChI=1S/C11H16N5O7PS/c1-11(7(18)6(4(2-17)22-11)23-24(20,21)25)16-3-13-5-8(16)14-10(12)15-9(5)19/h3-4,6-7,17-18H,2H2,1H3,(H2,20,21,25)(H3,12,14,15,19)/t4-,6-,7-,11-/m1/s1. The molecule has 25 heavy (non-hydrogen) atoms. The van der Waals surface area contributed by atoms with E-state index in [1.165, 1.54) is 17.8 Å². The number of hydrogen-bond donors (Lipinski definition) is 6. The Morgan fingerprint density at radius 1 is 1.60 bits per heavy atom. The Morgan fingerprint density at radius 3 is 2.88 bits per heavy atom. The smallest absolute Gasteiger partial charge is 0.322 e. The number of rotatable bonds is 4. The number of ether oxygens (including phenoxy) is 1. The van der Waals surface area contributed by atoms with Crippen molar-refractivity contribution in [3.8, 4) is 0 Å². The van der Waals surface area contributed by atoms with E-state index in [2.05, 4.69) is 26.8 Å². The SMILES string of the molecule is C[C@@]1(n2cnc3c(=O)[nH]c(N)nc32)O[C@H](CO)[C@@H](OP(O)(O)=S)[C@H]1O. The molecule has 4 atom stereocenters. The van der Waals surface area contributed by atoms with Gasteiger partial charge in [-0.1, -0.05) is 0 Å². The molecule has 1 saturated heterocycles. The lowest BCUT2D eigenvalue weighted by atomic mass is 10.0. The summed E-state index contributed by atoms with van der Waals surface area (Å²) >= 11 is 4.42. The summed E-state index contributed by atoms with van der Waals surface area (Å²) in [5.74, 6) is -0.164. The number of nitrogen functional groups attached to an aromatic ring is 1. The van der Waals surface area contributed by atoms with E-state index in [-0.39, 0.29) is 17.1 Å². The van der Waals surface area contributed by atoms with Gasteiger partial charge < -0.3 is 30.5 Å². The first kappa shape index (κ1) is 18.4. The maximum atomic E-state index is 11.9. The summed E-state index contributed by atoms with van der Waals surface area (Å²) in [6, 6.07) is 0. The van der Waals surface area contributed by atoms with Gasteiger partial charge in [-0.15, -0.1) is 0 Å². The molecule has 0 amide bonds. The zero-order valence-electron chi connectivity index (χ0n) is 12.8. The van der Waals surface area contributed by atoms with Gasteiger partial charge >= 0.3 is 6.72 Å². The molecule has 14 heteroatoms. The number of hydrogen-bond acceptors (Lipinski definition) is 9. The molecular formula is C11H16N5O7PS. The molecule has 2 aromatic rings. The number of aromatic nitrogens is 4. The van der Waals surface area contributed by atoms with Crippen molar-refractivity contribution in [3.05, 3.63) is 16.7 Å². The molecule has 0 radical (unpaired) electrons. The highest BCUT2D eigenvalue weighted by atomic mass is 32.5. The van der Waals surface area contributed by atoms with Crippen LogP contribution in [0.1, 0.15) is 6.92 Å². The van der Waals surface area contributed by atoms with E-state index in [0.29, 0.717) is 0 Å². The van der Waals surface area contributed by atoms with Crippen LogP contribution in [0.3, 0.4) is 0 Å². The van der Waals surface area contributed by atoms with Crippen molar-refractivity contribution in [2.75, 3.05) is 12.3 Å². The monoisotopic (exact) mass is 393 g/mol. The van der Waals surface area contributed by atoms with E-state index in [0.717, 1.165) is 0 Å². The van der Waals surface area contributed by atoms with Crippen molar-refractivity contribution in [2.24, 2.45) is 0 Å². The molecule has 138 valence electrons. The lowest BCUT2D eigenvalue weighted by Gasteiger charge is -2.30. The number of anilines is 1. The number of fused-ring (bicyclic) bond motifs is 1. The predicted octanol–water partition coefficient (Wildman–Crippen LogP) is -2.28. The van der Waals surface area contributed by atoms with Crippen LogP contribution in [0.2, 0.25) is 0 Å². The van der Waals surface area contributed by atoms with Gasteiger partial charge in [0, 0.05) is 0 Å². The van der Waals surface area contributed by atoms with Crippen LogP contribution < -0.4 is 11.3 Å². The summed E-state index contributed by atoms with van der Waals surface area (Å²) in [4.78, 5) is 40.8. The van der Waals surface area contributed by atoms with Crippen molar-refractivity contribution in [1.82, 2.24) is 19.5 Å². The number of H-pyrrole nitrogens is 1. The molecule has 0 aromatic carbocycles. The maximum absolute atomic E-state index is 11.9. The van der Waals surface area contributed by atoms with Gasteiger partial charge in [-0.2, -0.15) is 4.98 Å². The van der Waals surface area contributed by atoms with Gasteiger partial charge in [-0.3, -0.25) is 18.9 Å². The van der Waals surface area contributed by atoms with Crippen molar-refractivity contribution >= 4 is 35.6 Å². The zero-order chi connectivity index (χ0) is 18.6. The molecule has 3 rings (SSSR count). The van der Waals surface area contributed by atoms with E-state index in [1.54, 1.807) is 0 Å². The molecular weight excluding hydrogens is 377 g/mol. The van der Waals surface area contributed by atoms with Crippen LogP contribution >= 0.6 is 6.72 Å². The van der Waals surface area contributed by atoms with Gasteiger partial charge in [-0.25, -0.2) is 4.98 Å². The molecule has 1 aliphatic rings. The van der Waals surface area contributed by atoms with E-state index < -0.39 is 42.9 Å². The zero-order valence-corrected chi connectivity index (χ0v) is 14.5. The average Bonchev–Trinajstić information content (AvgIpc) is 3.01. The van der Waals surface area contributed by atoms with Crippen LogP contribution in [0.4, 0.5) is 5.95 Å². The fourth-order valence-corrected chi connectivity index (χ4v) is 3.69. The molecule has 0 saturated carbocycles. The Kier molecular flexibility index (Phi) is 4.46. The first-order chi connectivity index (χ1) is 11.6. The number of aliphatic hydroxyl groups is 2. The fourth-order valence-electron chi connectivity index (χ4n) is 2.83. The highest BCUT2D eigenvalue weighted by Gasteiger charge is 2.55. The summed E-state index contributed by atoms with van der Waals surface area (Å²) in [6.07, 6.45) is -2.72. The van der Waals surface area contributed by atoms with Crippen LogP contribution in [0.5, 0.6) is 0 Å². The van der Waals surface area contributed by atoms with E-state index in [1.807, 2.05) is 0 Å². The quantitative estimate of drug-likeness (QED) is 0.307. The highest BCUT2D eigenvalue weighted by Crippen LogP contribution is 2.46. The third-order valence-corrected chi connectivity index (χ3v) is 4.74. The predicted molar refractivity (Wildman–Crippen MR) is 87.8 cm³/mol. The minimum absolute atomic E-state index is 0.0348. The number of nitrogens with one attached hydrogen (secondary N) is 1. The van der Waals surface area contributed by atoms with Gasteiger partial charge in [0.2, 0.25) is 5.95 Å². The van der Waals surface area contributed by atoms with Gasteiger partial charge in [-0.05, 0) is 18.7 Å². The van der Waals surface area contributed by atoms with E-state index in [4.69, 9.17) is 15.0 Å². The number of nitrogens with two attached hydrogens (primary N) is 1.